The van der Waals surface area contributed by atoms with Gasteiger partial charge < -0.3 is 15.2 Å². The molecule has 0 aliphatic heterocycles. The Morgan fingerprint density at radius 2 is 1.78 bits per heavy atom. The van der Waals surface area contributed by atoms with Crippen molar-refractivity contribution in [2.24, 2.45) is 5.41 Å². The van der Waals surface area contributed by atoms with Crippen molar-refractivity contribution in [3.63, 3.8) is 0 Å². The maximum atomic E-state index is 12.3. The number of rotatable bonds is 5. The van der Waals surface area contributed by atoms with E-state index in [0.717, 1.165) is 11.1 Å². The quantitative estimate of drug-likeness (QED) is 0.646. The standard InChI is InChI=1S/C19H23NO3/c1-13-9-8-12-15(21)16(13)20-17(14-10-6-5-7-11-14)19(2,3)18(22)23-4/h5-12,17,20-21H,1-4H3/t17-/m1/s1. The molecule has 122 valence electrons. The molecular weight excluding hydrogens is 290 g/mol. The van der Waals surface area contributed by atoms with Crippen LogP contribution in [0.25, 0.3) is 0 Å². The van der Waals surface area contributed by atoms with Crippen LogP contribution in [0.15, 0.2) is 48.5 Å². The van der Waals surface area contributed by atoms with Crippen LogP contribution in [0.2, 0.25) is 0 Å². The number of ether oxygens (including phenoxy) is 1. The molecule has 0 aliphatic carbocycles. The van der Waals surface area contributed by atoms with Crippen molar-refractivity contribution >= 4 is 11.7 Å². The first kappa shape index (κ1) is 16.9. The van der Waals surface area contributed by atoms with Gasteiger partial charge in [-0.25, -0.2) is 0 Å². The number of carbonyl (C=O) groups is 1. The van der Waals surface area contributed by atoms with E-state index in [1.165, 1.54) is 7.11 Å². The molecule has 2 aromatic rings. The highest BCUT2D eigenvalue weighted by atomic mass is 16.5. The Bertz CT molecular complexity index is 660. The minimum atomic E-state index is -0.815. The minimum Gasteiger partial charge on any atom is -0.506 e. The first-order chi connectivity index (χ1) is 10.9. The van der Waals surface area contributed by atoms with E-state index in [1.807, 2.05) is 57.2 Å². The Morgan fingerprint density at radius 3 is 2.35 bits per heavy atom. The second-order valence-corrected chi connectivity index (χ2v) is 6.17. The topological polar surface area (TPSA) is 58.6 Å². The predicted octanol–water partition coefficient (Wildman–Crippen LogP) is 4.05. The van der Waals surface area contributed by atoms with E-state index in [9.17, 15) is 9.90 Å². The van der Waals surface area contributed by atoms with Crippen LogP contribution >= 0.6 is 0 Å². The van der Waals surface area contributed by atoms with Crippen LogP contribution in [-0.2, 0) is 9.53 Å². The number of phenolic OH excluding ortho intramolecular Hbond substituents is 1. The SMILES string of the molecule is COC(=O)C(C)(C)[C@H](Nc1c(C)cccc1O)c1ccccc1. The lowest BCUT2D eigenvalue weighted by Gasteiger charge is -2.34. The van der Waals surface area contributed by atoms with Crippen LogP contribution < -0.4 is 5.32 Å². The number of carbonyl (C=O) groups excluding carboxylic acids is 1. The van der Waals surface area contributed by atoms with E-state index >= 15 is 0 Å². The lowest BCUT2D eigenvalue weighted by atomic mass is 9.80. The van der Waals surface area contributed by atoms with Gasteiger partial charge in [0.05, 0.1) is 24.3 Å². The van der Waals surface area contributed by atoms with Gasteiger partial charge in [0, 0.05) is 0 Å². The van der Waals surface area contributed by atoms with Crippen molar-refractivity contribution in [2.45, 2.75) is 26.8 Å². The molecule has 2 rings (SSSR count). The summed E-state index contributed by atoms with van der Waals surface area (Å²) in [6, 6.07) is 14.7. The summed E-state index contributed by atoms with van der Waals surface area (Å²) in [5.74, 6) is -0.154. The van der Waals surface area contributed by atoms with Crippen LogP contribution in [0.1, 0.15) is 31.0 Å². The fourth-order valence-corrected chi connectivity index (χ4v) is 2.69. The van der Waals surface area contributed by atoms with Crippen molar-refractivity contribution < 1.29 is 14.6 Å². The molecule has 0 aliphatic rings. The van der Waals surface area contributed by atoms with Crippen LogP contribution in [0.4, 0.5) is 5.69 Å². The Labute approximate surface area is 137 Å². The molecule has 4 heteroatoms. The smallest absolute Gasteiger partial charge is 0.313 e. The van der Waals surface area contributed by atoms with Crippen LogP contribution in [0.5, 0.6) is 5.75 Å². The zero-order valence-electron chi connectivity index (χ0n) is 14.0. The number of para-hydroxylation sites is 1. The second kappa shape index (κ2) is 6.73. The number of esters is 1. The molecule has 0 bridgehead atoms. The third kappa shape index (κ3) is 3.47. The third-order valence-corrected chi connectivity index (χ3v) is 4.11. The summed E-state index contributed by atoms with van der Waals surface area (Å²) in [6.07, 6.45) is 0. The highest BCUT2D eigenvalue weighted by molar-refractivity contribution is 5.78. The monoisotopic (exact) mass is 313 g/mol. The maximum Gasteiger partial charge on any atom is 0.313 e. The number of methoxy groups -OCH3 is 1. The highest BCUT2D eigenvalue weighted by Gasteiger charge is 2.39. The zero-order chi connectivity index (χ0) is 17.0. The Kier molecular flexibility index (Phi) is 4.94. The van der Waals surface area contributed by atoms with Gasteiger partial charge in [0.25, 0.3) is 0 Å². The van der Waals surface area contributed by atoms with Crippen molar-refractivity contribution in [3.05, 3.63) is 59.7 Å². The van der Waals surface area contributed by atoms with E-state index in [0.29, 0.717) is 5.69 Å². The molecule has 23 heavy (non-hydrogen) atoms. The van der Waals surface area contributed by atoms with Gasteiger partial charge in [0.2, 0.25) is 0 Å². The van der Waals surface area contributed by atoms with Crippen LogP contribution in [-0.4, -0.2) is 18.2 Å². The summed E-state index contributed by atoms with van der Waals surface area (Å²) in [7, 11) is 1.39. The number of hydrogen-bond acceptors (Lipinski definition) is 4. The Morgan fingerprint density at radius 1 is 1.13 bits per heavy atom. The molecule has 0 amide bonds. The molecule has 0 heterocycles. The van der Waals surface area contributed by atoms with Crippen molar-refractivity contribution in [3.8, 4) is 5.75 Å². The van der Waals surface area contributed by atoms with Crippen molar-refractivity contribution in [1.82, 2.24) is 0 Å². The van der Waals surface area contributed by atoms with E-state index in [-0.39, 0.29) is 17.8 Å². The number of anilines is 1. The van der Waals surface area contributed by atoms with Gasteiger partial charge in [-0.1, -0.05) is 42.5 Å². The van der Waals surface area contributed by atoms with Crippen molar-refractivity contribution in [2.75, 3.05) is 12.4 Å². The van der Waals surface area contributed by atoms with E-state index in [1.54, 1.807) is 12.1 Å². The molecule has 0 unspecified atom stereocenters. The number of nitrogens with one attached hydrogen (secondary N) is 1. The molecule has 0 saturated heterocycles. The van der Waals surface area contributed by atoms with Gasteiger partial charge in [0.1, 0.15) is 5.75 Å². The molecule has 4 nitrogen and oxygen atoms in total. The maximum absolute atomic E-state index is 12.3. The second-order valence-electron chi connectivity index (χ2n) is 6.17. The number of aromatic hydroxyl groups is 1. The van der Waals surface area contributed by atoms with Crippen molar-refractivity contribution in [1.29, 1.82) is 0 Å². The van der Waals surface area contributed by atoms with Gasteiger partial charge in [-0.2, -0.15) is 0 Å². The average Bonchev–Trinajstić information content (AvgIpc) is 2.54. The van der Waals surface area contributed by atoms with Gasteiger partial charge >= 0.3 is 5.97 Å². The lowest BCUT2D eigenvalue weighted by molar-refractivity contribution is -0.151. The molecule has 0 aromatic heterocycles. The van der Waals surface area contributed by atoms with Gasteiger partial charge in [0.15, 0.2) is 0 Å². The Balaban J connectivity index is 2.49. The molecule has 0 saturated carbocycles. The molecule has 1 atom stereocenters. The van der Waals surface area contributed by atoms with Gasteiger partial charge in [-0.15, -0.1) is 0 Å². The molecule has 2 aromatic carbocycles. The molecular formula is C19H23NO3. The molecule has 2 N–H and O–H groups in total. The predicted molar refractivity (Wildman–Crippen MR) is 91.4 cm³/mol. The summed E-state index contributed by atoms with van der Waals surface area (Å²) in [5, 5.41) is 13.5. The summed E-state index contributed by atoms with van der Waals surface area (Å²) in [6.45, 7) is 5.58. The average molecular weight is 313 g/mol. The summed E-state index contributed by atoms with van der Waals surface area (Å²) in [4.78, 5) is 12.3. The number of aryl methyl sites for hydroxylation is 1. The summed E-state index contributed by atoms with van der Waals surface area (Å²) >= 11 is 0. The normalized spacial score (nSPS) is 12.5. The van der Waals surface area contributed by atoms with E-state index in [2.05, 4.69) is 5.32 Å². The Hall–Kier alpha value is -2.49. The minimum absolute atomic E-state index is 0.159. The number of benzene rings is 2. The van der Waals surface area contributed by atoms with Crippen LogP contribution in [0, 0.1) is 12.3 Å². The fourth-order valence-electron chi connectivity index (χ4n) is 2.69. The van der Waals surface area contributed by atoms with Crippen LogP contribution in [0.3, 0.4) is 0 Å². The molecule has 0 radical (unpaired) electrons. The first-order valence-electron chi connectivity index (χ1n) is 7.56. The summed E-state index contributed by atoms with van der Waals surface area (Å²) < 4.78 is 4.97. The fraction of sp³-hybridized carbons (Fsp3) is 0.316. The zero-order valence-corrected chi connectivity index (χ0v) is 14.0. The highest BCUT2D eigenvalue weighted by Crippen LogP contribution is 2.40. The lowest BCUT2D eigenvalue weighted by Crippen LogP contribution is -2.37. The van der Waals surface area contributed by atoms with E-state index < -0.39 is 5.41 Å². The molecule has 0 fully saturated rings. The number of hydrogen-bond donors (Lipinski definition) is 2. The summed E-state index contributed by atoms with van der Waals surface area (Å²) in [5.41, 5.74) is 1.67. The van der Waals surface area contributed by atoms with Gasteiger partial charge in [-0.05, 0) is 38.0 Å². The number of phenols is 1. The van der Waals surface area contributed by atoms with Gasteiger partial charge in [-0.3, -0.25) is 4.79 Å². The third-order valence-electron chi connectivity index (χ3n) is 4.11. The largest absolute Gasteiger partial charge is 0.506 e. The first-order valence-corrected chi connectivity index (χ1v) is 7.56. The van der Waals surface area contributed by atoms with E-state index in [4.69, 9.17) is 4.74 Å². The molecule has 0 spiro atoms.